The van der Waals surface area contributed by atoms with Gasteiger partial charge in [0, 0.05) is 29.2 Å². The molecule has 2 aliphatic rings. The van der Waals surface area contributed by atoms with Crippen LogP contribution in [-0.4, -0.2) is 24.0 Å². The van der Waals surface area contributed by atoms with Gasteiger partial charge in [-0.15, -0.1) is 0 Å². The Morgan fingerprint density at radius 3 is 2.65 bits per heavy atom. The molecule has 0 radical (unpaired) electrons. The lowest BCUT2D eigenvalue weighted by Crippen LogP contribution is -2.34. The molecule has 0 N–H and O–H groups in total. The summed E-state index contributed by atoms with van der Waals surface area (Å²) < 4.78 is 12.1. The number of nitrogens with zero attached hydrogens (tertiary/aromatic N) is 1. The Labute approximate surface area is 186 Å². The van der Waals surface area contributed by atoms with Gasteiger partial charge < -0.3 is 9.47 Å². The monoisotopic (exact) mass is 431 g/mol. The Morgan fingerprint density at radius 2 is 1.84 bits per heavy atom. The van der Waals surface area contributed by atoms with Crippen molar-refractivity contribution in [1.82, 2.24) is 4.90 Å². The quantitative estimate of drug-likeness (QED) is 0.500. The third-order valence-electron chi connectivity index (χ3n) is 5.75. The zero-order valence-electron chi connectivity index (χ0n) is 17.2. The first kappa shape index (κ1) is 19.9. The lowest BCUT2D eigenvalue weighted by Gasteiger charge is -2.30. The molecule has 3 aromatic carbocycles. The number of allylic oxidation sites excluding steroid dienone is 1. The van der Waals surface area contributed by atoms with Gasteiger partial charge >= 0.3 is 0 Å². The van der Waals surface area contributed by atoms with Crippen LogP contribution in [0.15, 0.2) is 66.4 Å². The second-order valence-corrected chi connectivity index (χ2v) is 8.29. The van der Waals surface area contributed by atoms with Crippen molar-refractivity contribution in [2.75, 3.05) is 13.3 Å². The standard InChI is InChI=1S/C26H22ClNO3/c1-17-25-20(15-28(16-30-25)12-11-19-9-5-6-10-22(19)27)14-21-24(29)23(31-26(17)21)13-18-7-3-2-4-8-18/h2-10,13-14H,11-12,15-16H2,1H3/b23-13-. The molecule has 0 fully saturated rings. The van der Waals surface area contributed by atoms with Gasteiger partial charge in [0.2, 0.25) is 5.78 Å². The lowest BCUT2D eigenvalue weighted by atomic mass is 10.00. The summed E-state index contributed by atoms with van der Waals surface area (Å²) >= 11 is 6.29. The van der Waals surface area contributed by atoms with Gasteiger partial charge in [0.15, 0.2) is 5.76 Å². The second-order valence-electron chi connectivity index (χ2n) is 7.88. The maximum absolute atomic E-state index is 13.0. The number of ether oxygens (including phenoxy) is 2. The minimum atomic E-state index is -0.0852. The van der Waals surface area contributed by atoms with Crippen molar-refractivity contribution in [1.29, 1.82) is 0 Å². The molecule has 0 aliphatic carbocycles. The summed E-state index contributed by atoms with van der Waals surface area (Å²) in [5, 5.41) is 0.787. The second kappa shape index (κ2) is 8.22. The van der Waals surface area contributed by atoms with Gasteiger partial charge in [0.1, 0.15) is 18.2 Å². The molecule has 3 aromatic rings. The Morgan fingerprint density at radius 1 is 1.06 bits per heavy atom. The minimum Gasteiger partial charge on any atom is -0.477 e. The molecule has 0 unspecified atom stereocenters. The molecule has 156 valence electrons. The van der Waals surface area contributed by atoms with Gasteiger partial charge in [-0.3, -0.25) is 9.69 Å². The van der Waals surface area contributed by atoms with E-state index in [-0.39, 0.29) is 5.78 Å². The predicted molar refractivity (Wildman–Crippen MR) is 122 cm³/mol. The van der Waals surface area contributed by atoms with Crippen LogP contribution in [0.5, 0.6) is 11.5 Å². The van der Waals surface area contributed by atoms with Crippen molar-refractivity contribution in [3.63, 3.8) is 0 Å². The van der Waals surface area contributed by atoms with Crippen LogP contribution >= 0.6 is 11.6 Å². The van der Waals surface area contributed by atoms with Crippen LogP contribution in [0.25, 0.3) is 6.08 Å². The fourth-order valence-electron chi connectivity index (χ4n) is 4.12. The highest BCUT2D eigenvalue weighted by Crippen LogP contribution is 2.43. The first-order valence-electron chi connectivity index (χ1n) is 10.3. The van der Waals surface area contributed by atoms with Crippen LogP contribution in [0, 0.1) is 6.92 Å². The fourth-order valence-corrected chi connectivity index (χ4v) is 4.35. The third kappa shape index (κ3) is 3.85. The van der Waals surface area contributed by atoms with Gasteiger partial charge in [-0.2, -0.15) is 0 Å². The molecule has 4 nitrogen and oxygen atoms in total. The van der Waals surface area contributed by atoms with Crippen LogP contribution in [0.3, 0.4) is 0 Å². The molecule has 5 heteroatoms. The summed E-state index contributed by atoms with van der Waals surface area (Å²) in [5.74, 6) is 1.69. The highest BCUT2D eigenvalue weighted by Gasteiger charge is 2.33. The zero-order valence-corrected chi connectivity index (χ0v) is 18.0. The normalized spacial score (nSPS) is 16.6. The summed E-state index contributed by atoms with van der Waals surface area (Å²) in [6, 6.07) is 19.6. The maximum Gasteiger partial charge on any atom is 0.231 e. The van der Waals surface area contributed by atoms with E-state index in [1.54, 1.807) is 6.08 Å². The number of hydrogen-bond donors (Lipinski definition) is 0. The Hall–Kier alpha value is -3.08. The largest absolute Gasteiger partial charge is 0.477 e. The van der Waals surface area contributed by atoms with Crippen molar-refractivity contribution >= 4 is 23.5 Å². The van der Waals surface area contributed by atoms with E-state index in [0.29, 0.717) is 23.8 Å². The van der Waals surface area contributed by atoms with Crippen molar-refractivity contribution in [3.05, 3.63) is 99.3 Å². The Bertz CT molecular complexity index is 1190. The van der Waals surface area contributed by atoms with E-state index in [9.17, 15) is 4.79 Å². The van der Waals surface area contributed by atoms with Crippen LogP contribution in [-0.2, 0) is 13.0 Å². The van der Waals surface area contributed by atoms with Crippen molar-refractivity contribution < 1.29 is 14.3 Å². The molecule has 0 atom stereocenters. The molecule has 0 spiro atoms. The number of halogens is 1. The highest BCUT2D eigenvalue weighted by molar-refractivity contribution is 6.31. The van der Waals surface area contributed by atoms with Gasteiger partial charge in [-0.1, -0.05) is 60.1 Å². The number of benzene rings is 3. The number of fused-ring (bicyclic) bond motifs is 2. The molecule has 0 amide bonds. The van der Waals surface area contributed by atoms with E-state index >= 15 is 0 Å². The molecule has 0 saturated heterocycles. The van der Waals surface area contributed by atoms with E-state index in [2.05, 4.69) is 11.0 Å². The summed E-state index contributed by atoms with van der Waals surface area (Å²) in [6.07, 6.45) is 2.63. The number of rotatable bonds is 4. The average molecular weight is 432 g/mol. The number of ketones is 1. The number of hydrogen-bond acceptors (Lipinski definition) is 4. The van der Waals surface area contributed by atoms with Crippen molar-refractivity contribution in [2.24, 2.45) is 0 Å². The summed E-state index contributed by atoms with van der Waals surface area (Å²) in [4.78, 5) is 15.2. The van der Waals surface area contributed by atoms with Crippen LogP contribution < -0.4 is 9.47 Å². The predicted octanol–water partition coefficient (Wildman–Crippen LogP) is 5.66. The topological polar surface area (TPSA) is 38.8 Å². The molecule has 31 heavy (non-hydrogen) atoms. The molecule has 0 aromatic heterocycles. The summed E-state index contributed by atoms with van der Waals surface area (Å²) in [6.45, 7) is 4.00. The van der Waals surface area contributed by atoms with Gasteiger partial charge in [0.05, 0.1) is 5.56 Å². The maximum atomic E-state index is 13.0. The highest BCUT2D eigenvalue weighted by atomic mass is 35.5. The number of Topliss-reactive ketones (excluding diaryl/α,β-unsaturated/α-hetero) is 1. The first-order chi connectivity index (χ1) is 15.1. The van der Waals surface area contributed by atoms with Crippen molar-refractivity contribution in [3.8, 4) is 11.5 Å². The van der Waals surface area contributed by atoms with Gasteiger partial charge in [0.25, 0.3) is 0 Å². The van der Waals surface area contributed by atoms with E-state index in [1.165, 1.54) is 0 Å². The molecule has 0 bridgehead atoms. The van der Waals surface area contributed by atoms with E-state index in [1.807, 2.05) is 61.5 Å². The molecule has 5 rings (SSSR count). The summed E-state index contributed by atoms with van der Waals surface area (Å²) in [7, 11) is 0. The first-order valence-corrected chi connectivity index (χ1v) is 10.7. The lowest BCUT2D eigenvalue weighted by molar-refractivity contribution is 0.0954. The Kier molecular flexibility index (Phi) is 5.26. The van der Waals surface area contributed by atoms with Crippen LogP contribution in [0.4, 0.5) is 0 Å². The van der Waals surface area contributed by atoms with Crippen LogP contribution in [0.1, 0.15) is 32.6 Å². The van der Waals surface area contributed by atoms with Gasteiger partial charge in [-0.05, 0) is 42.7 Å². The molecule has 0 saturated carbocycles. The SMILES string of the molecule is Cc1c2c(cc3c1O/C(=C\c1ccccc1)C3=O)CN(CCc1ccccc1Cl)CO2. The van der Waals surface area contributed by atoms with E-state index < -0.39 is 0 Å². The zero-order chi connectivity index (χ0) is 21.4. The summed E-state index contributed by atoms with van der Waals surface area (Å²) in [5.41, 5.74) is 4.56. The number of carbonyl (C=O) groups is 1. The molecule has 2 heterocycles. The van der Waals surface area contributed by atoms with E-state index in [4.69, 9.17) is 21.1 Å². The number of carbonyl (C=O) groups excluding carboxylic acids is 1. The van der Waals surface area contributed by atoms with Gasteiger partial charge in [-0.25, -0.2) is 0 Å². The minimum absolute atomic E-state index is 0.0852. The molecule has 2 aliphatic heterocycles. The smallest absolute Gasteiger partial charge is 0.231 e. The Balaban J connectivity index is 1.37. The van der Waals surface area contributed by atoms with Crippen LogP contribution in [0.2, 0.25) is 5.02 Å². The fraction of sp³-hybridized carbons (Fsp3) is 0.192. The molecular formula is C26H22ClNO3. The average Bonchev–Trinajstić information content (AvgIpc) is 3.09. The van der Waals surface area contributed by atoms with E-state index in [0.717, 1.165) is 52.5 Å². The van der Waals surface area contributed by atoms with Crippen molar-refractivity contribution in [2.45, 2.75) is 19.9 Å². The molecular weight excluding hydrogens is 410 g/mol. The third-order valence-corrected chi connectivity index (χ3v) is 6.12.